The van der Waals surface area contributed by atoms with Crippen molar-refractivity contribution < 1.29 is 44.1 Å². The highest BCUT2D eigenvalue weighted by Crippen LogP contribution is 2.49. The number of carbonyl (C=O) groups excluding carboxylic acids is 6. The van der Waals surface area contributed by atoms with Crippen LogP contribution in [0.15, 0.2) is 24.3 Å². The topological polar surface area (TPSA) is 242 Å². The Hall–Kier alpha value is -4.32. The molecule has 0 aromatic heterocycles. The van der Waals surface area contributed by atoms with Gasteiger partial charge >= 0.3 is 0 Å². The molecule has 4 rings (SSSR count). The summed E-state index contributed by atoms with van der Waals surface area (Å²) in [7, 11) is 0. The van der Waals surface area contributed by atoms with Crippen LogP contribution in [-0.4, -0.2) is 123 Å². The van der Waals surface area contributed by atoms with Crippen LogP contribution in [0.1, 0.15) is 73.3 Å². The first-order valence-corrected chi connectivity index (χ1v) is 18.3. The number of aliphatic hydroxyl groups excluding tert-OH is 2. The summed E-state index contributed by atoms with van der Waals surface area (Å²) in [5, 5.41) is 47.8. The highest BCUT2D eigenvalue weighted by Gasteiger charge is 2.61. The van der Waals surface area contributed by atoms with E-state index >= 15 is 0 Å². The minimum atomic E-state index is -1.76. The zero-order valence-corrected chi connectivity index (χ0v) is 31.5. The molecule has 9 atom stereocenters. The van der Waals surface area contributed by atoms with Gasteiger partial charge in [-0.1, -0.05) is 59.7 Å². The predicted molar refractivity (Wildman–Crippen MR) is 193 cm³/mol. The maximum atomic E-state index is 14.5. The molecule has 17 nitrogen and oxygen atoms in total. The summed E-state index contributed by atoms with van der Waals surface area (Å²) in [6.07, 6.45) is -2.52. The van der Waals surface area contributed by atoms with Gasteiger partial charge in [0, 0.05) is 30.8 Å². The molecule has 2 fully saturated rings. The summed E-state index contributed by atoms with van der Waals surface area (Å²) < 4.78 is 0. The van der Waals surface area contributed by atoms with E-state index in [0.29, 0.717) is 24.1 Å². The Morgan fingerprint density at radius 2 is 1.57 bits per heavy atom. The molecule has 3 aliphatic heterocycles. The van der Waals surface area contributed by atoms with Crippen molar-refractivity contribution in [3.05, 3.63) is 29.8 Å². The fourth-order valence-corrected chi connectivity index (χ4v) is 7.17. The first-order chi connectivity index (χ1) is 24.9. The molecule has 294 valence electrons. The molecule has 3 aliphatic rings. The summed E-state index contributed by atoms with van der Waals surface area (Å²) in [4.78, 5) is 81.8. The van der Waals surface area contributed by atoms with Gasteiger partial charge < -0.3 is 46.8 Å². The Kier molecular flexibility index (Phi) is 13.5. The fourth-order valence-electron chi connectivity index (χ4n) is 7.17. The van der Waals surface area contributed by atoms with Crippen LogP contribution in [0.5, 0.6) is 0 Å². The number of hydrogen-bond acceptors (Lipinski definition) is 11. The molecule has 0 saturated carbocycles. The van der Waals surface area contributed by atoms with E-state index in [-0.39, 0.29) is 37.8 Å². The maximum absolute atomic E-state index is 14.5. The molecule has 17 heteroatoms. The number of anilines is 1. The number of amides is 6. The summed E-state index contributed by atoms with van der Waals surface area (Å²) >= 11 is 0. The van der Waals surface area contributed by atoms with Crippen molar-refractivity contribution in [1.29, 1.82) is 0 Å². The van der Waals surface area contributed by atoms with Gasteiger partial charge in [-0.05, 0) is 43.6 Å². The van der Waals surface area contributed by atoms with E-state index in [1.54, 1.807) is 52.0 Å². The number of para-hydroxylation sites is 1. The van der Waals surface area contributed by atoms with E-state index in [4.69, 9.17) is 0 Å². The number of hydrazine groups is 1. The molecule has 1 aromatic carbocycles. The molecule has 0 bridgehead atoms. The monoisotopic (exact) mass is 744 g/mol. The molecule has 1 aromatic rings. The summed E-state index contributed by atoms with van der Waals surface area (Å²) in [6.45, 7) is 12.4. The van der Waals surface area contributed by atoms with Gasteiger partial charge in [0.1, 0.15) is 42.0 Å². The van der Waals surface area contributed by atoms with Gasteiger partial charge in [0.2, 0.25) is 30.0 Å². The fraction of sp³-hybridized carbons (Fsp3) is 0.667. The SMILES string of the molecule is CC(C)C[C@H](NC=O)C(=O)N[C@@H](C(=O)N1[C@H](C(=O)N[C@@H](C(=O)N[C@H](C(=O)N2CC[C@@H](O)CN2)C(C)C)C(C)C)C[C@@]2(O)c3ccccc3N[C@@H]12)[C@H](C)O. The first kappa shape index (κ1) is 41.4. The lowest BCUT2D eigenvalue weighted by Gasteiger charge is -2.36. The van der Waals surface area contributed by atoms with Crippen molar-refractivity contribution in [2.45, 2.75) is 122 Å². The first-order valence-electron chi connectivity index (χ1n) is 18.3. The van der Waals surface area contributed by atoms with E-state index < -0.39 is 89.6 Å². The molecular weight excluding hydrogens is 688 g/mol. The largest absolute Gasteiger partial charge is 0.392 e. The number of benzene rings is 1. The van der Waals surface area contributed by atoms with Crippen LogP contribution >= 0.6 is 0 Å². The number of carbonyl (C=O) groups is 6. The quantitative estimate of drug-likeness (QED) is 0.0950. The normalized spacial score (nSPS) is 25.0. The van der Waals surface area contributed by atoms with Gasteiger partial charge in [0.05, 0.1) is 12.2 Å². The minimum Gasteiger partial charge on any atom is -0.392 e. The van der Waals surface area contributed by atoms with Gasteiger partial charge in [-0.3, -0.25) is 33.8 Å². The van der Waals surface area contributed by atoms with Crippen LogP contribution in [0.25, 0.3) is 0 Å². The van der Waals surface area contributed by atoms with Crippen LogP contribution in [0.3, 0.4) is 0 Å². The average molecular weight is 745 g/mol. The van der Waals surface area contributed by atoms with E-state index in [2.05, 4.69) is 32.0 Å². The average Bonchev–Trinajstić information content (AvgIpc) is 3.55. The van der Waals surface area contributed by atoms with Crippen molar-refractivity contribution in [2.24, 2.45) is 17.8 Å². The molecule has 0 spiro atoms. The molecule has 0 unspecified atom stereocenters. The maximum Gasteiger partial charge on any atom is 0.259 e. The predicted octanol–water partition coefficient (Wildman–Crippen LogP) is -1.37. The highest BCUT2D eigenvalue weighted by atomic mass is 16.3. The lowest BCUT2D eigenvalue weighted by molar-refractivity contribution is -0.147. The van der Waals surface area contributed by atoms with Crippen LogP contribution in [0.2, 0.25) is 0 Å². The standard InChI is InChI=1S/C36H56N8O9/c1-18(2)14-25(37-17-45)30(48)42-29(21(7)46)34(52)44-26(15-36(53)23-10-8-9-11-24(23)39-35(36)44)31(49)40-27(19(3)4)32(50)41-28(20(5)6)33(51)43-13-12-22(47)16-38-43/h8-11,17-22,25-29,35,38-39,46-47,53H,12-16H2,1-7H3,(H,37,45)(H,40,49)(H,41,50)(H,42,48)/t21-,22+,25-,26-,27+,28-,29+,35-,36+/m0/s1. The summed E-state index contributed by atoms with van der Waals surface area (Å²) in [5.74, 6) is -4.22. The van der Waals surface area contributed by atoms with Crippen LogP contribution < -0.4 is 32.0 Å². The van der Waals surface area contributed by atoms with E-state index in [0.717, 1.165) is 4.90 Å². The second-order valence-electron chi connectivity index (χ2n) is 15.4. The number of fused-ring (bicyclic) bond motifs is 3. The summed E-state index contributed by atoms with van der Waals surface area (Å²) in [5.41, 5.74) is 2.09. The second-order valence-corrected chi connectivity index (χ2v) is 15.4. The smallest absolute Gasteiger partial charge is 0.259 e. The molecule has 53 heavy (non-hydrogen) atoms. The van der Waals surface area contributed by atoms with E-state index in [9.17, 15) is 44.1 Å². The highest BCUT2D eigenvalue weighted by molar-refractivity contribution is 5.97. The zero-order chi connectivity index (χ0) is 39.4. The minimum absolute atomic E-state index is 0.00254. The number of nitrogens with one attached hydrogen (secondary N) is 6. The molecule has 0 aliphatic carbocycles. The number of likely N-dealkylation sites (tertiary alicyclic amines) is 1. The third-order valence-electron chi connectivity index (χ3n) is 10.1. The van der Waals surface area contributed by atoms with E-state index in [1.165, 1.54) is 11.9 Å². The number of hydrogen-bond donors (Lipinski definition) is 9. The van der Waals surface area contributed by atoms with E-state index in [1.807, 2.05) is 13.8 Å². The zero-order valence-electron chi connectivity index (χ0n) is 31.5. The Morgan fingerprint density at radius 1 is 0.925 bits per heavy atom. The van der Waals surface area contributed by atoms with Crippen molar-refractivity contribution >= 4 is 41.6 Å². The lowest BCUT2D eigenvalue weighted by atomic mass is 9.91. The molecule has 6 amide bonds. The molecule has 3 heterocycles. The van der Waals surface area contributed by atoms with Crippen molar-refractivity contribution in [3.63, 3.8) is 0 Å². The van der Waals surface area contributed by atoms with Crippen LogP contribution in [0.4, 0.5) is 5.69 Å². The third-order valence-corrected chi connectivity index (χ3v) is 10.1. The third kappa shape index (κ3) is 9.08. The number of β-amino-alcohol motifs (C(OH)–C–C–N with tert-alkyl or cyclic N) is 1. The Labute approximate surface area is 310 Å². The van der Waals surface area contributed by atoms with Crippen molar-refractivity contribution in [2.75, 3.05) is 18.4 Å². The second kappa shape index (κ2) is 17.2. The van der Waals surface area contributed by atoms with Crippen LogP contribution in [-0.2, 0) is 34.4 Å². The Bertz CT molecular complexity index is 1520. The van der Waals surface area contributed by atoms with Crippen LogP contribution in [0, 0.1) is 17.8 Å². The van der Waals surface area contributed by atoms with Gasteiger partial charge in [0.25, 0.3) is 5.91 Å². The van der Waals surface area contributed by atoms with Gasteiger partial charge in [-0.15, -0.1) is 0 Å². The molecular formula is C36H56N8O9. The van der Waals surface area contributed by atoms with Gasteiger partial charge in [-0.2, -0.15) is 0 Å². The number of aliphatic hydroxyl groups is 3. The van der Waals surface area contributed by atoms with Gasteiger partial charge in [-0.25, -0.2) is 5.43 Å². The molecule has 2 saturated heterocycles. The Morgan fingerprint density at radius 3 is 2.13 bits per heavy atom. The molecule has 9 N–H and O–H groups in total. The number of nitrogens with zero attached hydrogens (tertiary/aromatic N) is 2. The van der Waals surface area contributed by atoms with Crippen molar-refractivity contribution in [3.8, 4) is 0 Å². The Balaban J connectivity index is 1.62. The van der Waals surface area contributed by atoms with Gasteiger partial charge in [0.15, 0.2) is 0 Å². The van der Waals surface area contributed by atoms with Crippen molar-refractivity contribution in [1.82, 2.24) is 36.6 Å². The molecule has 0 radical (unpaired) electrons. The number of rotatable bonds is 15. The summed E-state index contributed by atoms with van der Waals surface area (Å²) in [6, 6.07) is 0.743. The lowest BCUT2D eigenvalue weighted by Crippen LogP contribution is -2.64.